The van der Waals surface area contributed by atoms with Crippen LogP contribution in [0.15, 0.2) is 183 Å². The molecule has 218 valence electrons. The van der Waals surface area contributed by atoms with Crippen LogP contribution >= 0.6 is 0 Å². The van der Waals surface area contributed by atoms with Gasteiger partial charge in [-0.25, -0.2) is 4.98 Å². The van der Waals surface area contributed by atoms with Crippen molar-refractivity contribution in [2.24, 2.45) is 0 Å². The fourth-order valence-corrected chi connectivity index (χ4v) is 9.42. The average molecular weight is 589 g/mol. The lowest BCUT2D eigenvalue weighted by Crippen LogP contribution is -2.51. The van der Waals surface area contributed by atoms with Gasteiger partial charge in [0.25, 0.3) is 0 Å². The number of hydrogen-bond donors (Lipinski definition) is 0. The molecule has 2 nitrogen and oxygen atoms in total. The van der Waals surface area contributed by atoms with Crippen LogP contribution < -0.4 is 16.4 Å². The maximum atomic E-state index is 4.39. The molecule has 0 saturated carbocycles. The number of hydrogen-bond acceptors (Lipinski definition) is 1. The molecule has 1 heterocycles. The van der Waals surface area contributed by atoms with Crippen molar-refractivity contribution in [2.45, 2.75) is 31.1 Å². The minimum atomic E-state index is -1.29. The van der Waals surface area contributed by atoms with Gasteiger partial charge in [0.1, 0.15) is 0 Å². The normalized spacial score (nSPS) is 11.9. The predicted molar refractivity (Wildman–Crippen MR) is 193 cm³/mol. The summed E-state index contributed by atoms with van der Waals surface area (Å²) in [7, 11) is -1.29. The summed E-state index contributed by atoms with van der Waals surface area (Å²) in [6.07, 6.45) is 11.7. The van der Waals surface area contributed by atoms with Gasteiger partial charge >= 0.3 is 0 Å². The average Bonchev–Trinajstić information content (AvgIpc) is 3.64. The fraction of sp³-hybridized carbons (Fsp3) is 0.125. The van der Waals surface area contributed by atoms with Crippen LogP contribution in [0.25, 0.3) is 0 Å². The Kier molecular flexibility index (Phi) is 11.0. The molecule has 4 heteroatoms. The van der Waals surface area contributed by atoms with E-state index >= 15 is 0 Å². The van der Waals surface area contributed by atoms with Crippen molar-refractivity contribution in [3.05, 3.63) is 194 Å². The third kappa shape index (κ3) is 7.10. The molecule has 0 amide bonds. The smallest absolute Gasteiger partial charge is 0.241 e. The van der Waals surface area contributed by atoms with E-state index in [-0.39, 0.29) is 5.16 Å². The molecule has 0 fully saturated rings. The number of aromatic nitrogens is 2. The first-order valence-corrected chi connectivity index (χ1v) is 18.2. The molecule has 6 aromatic rings. The SMILES string of the molecule is CCC=CC[SiH](C)C(c1ccccc1)(c1ccccc1)n1ccnc1.c1ccc(B(c2ccccc2)c2ccccc2)cc1. The number of imidazole rings is 1. The van der Waals surface area contributed by atoms with Gasteiger partial charge in [-0.15, -0.1) is 0 Å². The monoisotopic (exact) mass is 588 g/mol. The second kappa shape index (κ2) is 15.7. The van der Waals surface area contributed by atoms with Crippen LogP contribution in [0.3, 0.4) is 0 Å². The lowest BCUT2D eigenvalue weighted by molar-refractivity contribution is 0.583. The Morgan fingerprint density at radius 3 is 1.39 bits per heavy atom. The van der Waals surface area contributed by atoms with E-state index in [0.717, 1.165) is 12.5 Å². The Bertz CT molecular complexity index is 1520. The van der Waals surface area contributed by atoms with Crippen molar-refractivity contribution in [3.63, 3.8) is 0 Å². The van der Waals surface area contributed by atoms with E-state index in [1.54, 1.807) is 0 Å². The summed E-state index contributed by atoms with van der Waals surface area (Å²) < 4.78 is 2.33. The maximum absolute atomic E-state index is 4.39. The van der Waals surface area contributed by atoms with E-state index in [1.807, 2.05) is 12.5 Å². The van der Waals surface area contributed by atoms with E-state index in [0.29, 0.717) is 6.71 Å². The van der Waals surface area contributed by atoms with Crippen molar-refractivity contribution in [1.29, 1.82) is 0 Å². The van der Waals surface area contributed by atoms with Crippen LogP contribution in [-0.2, 0) is 5.16 Å². The summed E-state index contributed by atoms with van der Waals surface area (Å²) >= 11 is 0. The first-order chi connectivity index (χ1) is 21.7. The molecule has 6 rings (SSSR count). The zero-order chi connectivity index (χ0) is 30.5. The van der Waals surface area contributed by atoms with E-state index in [2.05, 4.69) is 193 Å². The third-order valence-corrected chi connectivity index (χ3v) is 11.7. The fourth-order valence-electron chi connectivity index (χ4n) is 6.29. The Balaban J connectivity index is 0.000000181. The standard InChI is InChI=1S/C22H26N2Si.C18H15B/c1-3-4-11-18-25(2)22(24-17-16-23-19-24,20-12-7-5-8-13-20)21-14-9-6-10-15-21;1-4-10-16(11-5-1)19(17-12-6-2-7-13-17)18-14-8-3-9-15-18/h4-17,19,25H,3,18H2,1-2H3;1-15H. The van der Waals surface area contributed by atoms with Gasteiger partial charge < -0.3 is 4.57 Å². The lowest BCUT2D eigenvalue weighted by Gasteiger charge is -2.41. The number of allylic oxidation sites excluding steroid dienone is 2. The Morgan fingerprint density at radius 2 is 1.02 bits per heavy atom. The number of nitrogens with zero attached hydrogens (tertiary/aromatic N) is 2. The van der Waals surface area contributed by atoms with E-state index < -0.39 is 8.80 Å². The minimum absolute atomic E-state index is 0.142. The number of rotatable bonds is 10. The van der Waals surface area contributed by atoms with Gasteiger partial charge in [0, 0.05) is 12.4 Å². The van der Waals surface area contributed by atoms with Gasteiger partial charge in [0.2, 0.25) is 6.71 Å². The van der Waals surface area contributed by atoms with E-state index in [1.165, 1.54) is 27.5 Å². The summed E-state index contributed by atoms with van der Waals surface area (Å²) in [5, 5.41) is -0.142. The highest BCUT2D eigenvalue weighted by atomic mass is 28.3. The van der Waals surface area contributed by atoms with Crippen LogP contribution in [0.5, 0.6) is 0 Å². The first-order valence-electron chi connectivity index (χ1n) is 15.6. The molecular formula is C40H41BN2Si. The molecule has 1 atom stereocenters. The number of benzene rings is 5. The predicted octanol–water partition coefficient (Wildman–Crippen LogP) is 7.24. The van der Waals surface area contributed by atoms with Crippen LogP contribution in [0.1, 0.15) is 24.5 Å². The second-order valence-electron chi connectivity index (χ2n) is 11.1. The largest absolute Gasteiger partial charge is 0.326 e. The van der Waals surface area contributed by atoms with E-state index in [9.17, 15) is 0 Å². The Labute approximate surface area is 265 Å². The van der Waals surface area contributed by atoms with Gasteiger partial charge in [0.05, 0.1) is 20.3 Å². The van der Waals surface area contributed by atoms with Crippen LogP contribution in [0, 0.1) is 0 Å². The first kappa shape index (κ1) is 30.8. The Hall–Kier alpha value is -4.67. The molecule has 0 saturated heterocycles. The lowest BCUT2D eigenvalue weighted by atomic mass is 9.37. The molecule has 1 unspecified atom stereocenters. The second-order valence-corrected chi connectivity index (χ2v) is 14.3. The van der Waals surface area contributed by atoms with Gasteiger partial charge in [0.15, 0.2) is 0 Å². The van der Waals surface area contributed by atoms with Crippen molar-refractivity contribution < 1.29 is 0 Å². The maximum Gasteiger partial charge on any atom is 0.241 e. The molecule has 0 radical (unpaired) electrons. The van der Waals surface area contributed by atoms with Crippen LogP contribution in [0.2, 0.25) is 12.6 Å². The summed E-state index contributed by atoms with van der Waals surface area (Å²) in [5.41, 5.74) is 6.70. The molecule has 0 N–H and O–H groups in total. The van der Waals surface area contributed by atoms with Gasteiger partial charge in [-0.2, -0.15) is 0 Å². The Morgan fingerprint density at radius 1 is 0.614 bits per heavy atom. The summed E-state index contributed by atoms with van der Waals surface area (Å²) in [6, 6.07) is 55.0. The zero-order valence-corrected chi connectivity index (χ0v) is 26.9. The molecule has 0 aliphatic rings. The van der Waals surface area contributed by atoms with Crippen molar-refractivity contribution in [2.75, 3.05) is 0 Å². The summed E-state index contributed by atoms with van der Waals surface area (Å²) in [5.74, 6) is 0. The summed E-state index contributed by atoms with van der Waals surface area (Å²) in [6.45, 7) is 4.98. The molecule has 0 bridgehead atoms. The van der Waals surface area contributed by atoms with Crippen LogP contribution in [0.4, 0.5) is 0 Å². The van der Waals surface area contributed by atoms with Crippen molar-refractivity contribution >= 4 is 31.9 Å². The minimum Gasteiger partial charge on any atom is -0.326 e. The topological polar surface area (TPSA) is 17.8 Å². The van der Waals surface area contributed by atoms with Gasteiger partial charge in [-0.1, -0.05) is 194 Å². The van der Waals surface area contributed by atoms with Gasteiger partial charge in [-0.05, 0) is 23.6 Å². The molecule has 0 aliphatic heterocycles. The molecule has 0 aliphatic carbocycles. The molecule has 5 aromatic carbocycles. The highest BCUT2D eigenvalue weighted by Crippen LogP contribution is 2.38. The molecule has 0 spiro atoms. The quantitative estimate of drug-likeness (QED) is 0.122. The van der Waals surface area contributed by atoms with Crippen molar-refractivity contribution in [3.8, 4) is 0 Å². The van der Waals surface area contributed by atoms with E-state index in [4.69, 9.17) is 0 Å². The highest BCUT2D eigenvalue weighted by molar-refractivity contribution is 6.95. The van der Waals surface area contributed by atoms with Crippen molar-refractivity contribution in [1.82, 2.24) is 9.55 Å². The van der Waals surface area contributed by atoms with Gasteiger partial charge in [-0.3, -0.25) is 0 Å². The summed E-state index contributed by atoms with van der Waals surface area (Å²) in [4.78, 5) is 4.39. The molecular weight excluding hydrogens is 547 g/mol. The molecule has 1 aromatic heterocycles. The zero-order valence-electron chi connectivity index (χ0n) is 25.8. The van der Waals surface area contributed by atoms with Crippen LogP contribution in [-0.4, -0.2) is 25.1 Å². The molecule has 44 heavy (non-hydrogen) atoms. The highest BCUT2D eigenvalue weighted by Gasteiger charge is 2.41. The third-order valence-electron chi connectivity index (χ3n) is 8.34.